The van der Waals surface area contributed by atoms with E-state index in [9.17, 15) is 0 Å². The number of halogens is 1. The van der Waals surface area contributed by atoms with Gasteiger partial charge in [0, 0.05) is 17.3 Å². The predicted molar refractivity (Wildman–Crippen MR) is 81.3 cm³/mol. The number of nitrogens with zero attached hydrogens (tertiary/aromatic N) is 2. The zero-order chi connectivity index (χ0) is 14.4. The van der Waals surface area contributed by atoms with Crippen LogP contribution in [-0.2, 0) is 0 Å². The molecule has 2 aromatic rings. The molecule has 1 unspecified atom stereocenters. The number of aromatic nitrogens is 2. The van der Waals surface area contributed by atoms with E-state index < -0.39 is 0 Å². The Kier molecular flexibility index (Phi) is 5.18. The van der Waals surface area contributed by atoms with Crippen molar-refractivity contribution in [2.75, 3.05) is 11.9 Å². The number of rotatable bonds is 6. The zero-order valence-corrected chi connectivity index (χ0v) is 12.4. The van der Waals surface area contributed by atoms with Crippen LogP contribution >= 0.6 is 11.6 Å². The summed E-state index contributed by atoms with van der Waals surface area (Å²) in [5.41, 5.74) is 1.08. The van der Waals surface area contributed by atoms with Crippen molar-refractivity contribution in [1.29, 1.82) is 0 Å². The van der Waals surface area contributed by atoms with Gasteiger partial charge in [-0.1, -0.05) is 30.7 Å². The number of hydrogen-bond donors (Lipinski definition) is 1. The largest absolute Gasteiger partial charge is 0.478 e. The molecule has 5 heteroatoms. The topological polar surface area (TPSA) is 47.0 Å². The van der Waals surface area contributed by atoms with Gasteiger partial charge in [0.15, 0.2) is 0 Å². The average molecular weight is 292 g/mol. The molecular weight excluding hydrogens is 274 g/mol. The third-order valence-electron chi connectivity index (χ3n) is 2.78. The maximum atomic E-state index is 6.00. The van der Waals surface area contributed by atoms with Crippen LogP contribution in [0, 0.1) is 0 Å². The van der Waals surface area contributed by atoms with E-state index in [0.29, 0.717) is 18.4 Å². The van der Waals surface area contributed by atoms with Crippen molar-refractivity contribution in [3.63, 3.8) is 0 Å². The molecule has 1 aromatic carbocycles. The lowest BCUT2D eigenvalue weighted by Gasteiger charge is -2.15. The number of anilines is 1. The molecule has 0 saturated carbocycles. The van der Waals surface area contributed by atoms with Crippen molar-refractivity contribution < 1.29 is 4.74 Å². The monoisotopic (exact) mass is 291 g/mol. The highest BCUT2D eigenvalue weighted by Gasteiger charge is 2.08. The summed E-state index contributed by atoms with van der Waals surface area (Å²) >= 11 is 6.00. The molecule has 0 aliphatic heterocycles. The summed E-state index contributed by atoms with van der Waals surface area (Å²) < 4.78 is 5.49. The molecule has 0 radical (unpaired) electrons. The van der Waals surface area contributed by atoms with Crippen LogP contribution in [0.2, 0.25) is 5.02 Å². The molecule has 0 fully saturated rings. The van der Waals surface area contributed by atoms with E-state index in [0.717, 1.165) is 17.0 Å². The maximum Gasteiger partial charge on any atom is 0.226 e. The molecule has 1 heterocycles. The molecule has 20 heavy (non-hydrogen) atoms. The van der Waals surface area contributed by atoms with Gasteiger partial charge in [-0.05, 0) is 31.0 Å². The number of ether oxygens (including phenoxy) is 1. The number of benzene rings is 1. The third kappa shape index (κ3) is 4.10. The highest BCUT2D eigenvalue weighted by atomic mass is 35.5. The first-order valence-corrected chi connectivity index (χ1v) is 7.04. The van der Waals surface area contributed by atoms with Crippen molar-refractivity contribution >= 4 is 17.5 Å². The Bertz CT molecular complexity index is 562. The first-order chi connectivity index (χ1) is 9.69. The zero-order valence-electron chi connectivity index (χ0n) is 11.6. The van der Waals surface area contributed by atoms with E-state index in [4.69, 9.17) is 16.3 Å². The second-order valence-corrected chi connectivity index (χ2v) is 4.92. The minimum atomic E-state index is 0.0649. The van der Waals surface area contributed by atoms with Crippen molar-refractivity contribution in [2.24, 2.45) is 0 Å². The van der Waals surface area contributed by atoms with Crippen molar-refractivity contribution in [1.82, 2.24) is 9.97 Å². The van der Waals surface area contributed by atoms with Crippen molar-refractivity contribution in [3.05, 3.63) is 47.1 Å². The van der Waals surface area contributed by atoms with Crippen LogP contribution in [0.25, 0.3) is 0 Å². The minimum absolute atomic E-state index is 0.0649. The van der Waals surface area contributed by atoms with E-state index in [2.05, 4.69) is 22.2 Å². The fourth-order valence-corrected chi connectivity index (χ4v) is 1.95. The summed E-state index contributed by atoms with van der Waals surface area (Å²) in [6.45, 7) is 4.75. The van der Waals surface area contributed by atoms with Gasteiger partial charge in [0.2, 0.25) is 11.8 Å². The average Bonchev–Trinajstić information content (AvgIpc) is 2.45. The highest BCUT2D eigenvalue weighted by Crippen LogP contribution is 2.20. The van der Waals surface area contributed by atoms with E-state index in [1.807, 2.05) is 31.2 Å². The quantitative estimate of drug-likeness (QED) is 0.871. The summed E-state index contributed by atoms with van der Waals surface area (Å²) in [5.74, 6) is 1.13. The molecule has 0 saturated heterocycles. The van der Waals surface area contributed by atoms with Gasteiger partial charge in [-0.3, -0.25) is 0 Å². The maximum absolute atomic E-state index is 6.00. The Morgan fingerprint density at radius 2 is 2.20 bits per heavy atom. The normalized spacial score (nSPS) is 11.9. The Morgan fingerprint density at radius 1 is 1.35 bits per heavy atom. The Balaban J connectivity index is 2.05. The molecule has 106 valence electrons. The molecule has 1 N–H and O–H groups in total. The highest BCUT2D eigenvalue weighted by molar-refractivity contribution is 6.30. The Morgan fingerprint density at radius 3 is 2.95 bits per heavy atom. The lowest BCUT2D eigenvalue weighted by molar-refractivity contribution is 0.305. The van der Waals surface area contributed by atoms with Gasteiger partial charge in [0.1, 0.15) is 0 Å². The molecule has 2 rings (SSSR count). The van der Waals surface area contributed by atoms with Gasteiger partial charge < -0.3 is 10.1 Å². The molecule has 1 atom stereocenters. The van der Waals surface area contributed by atoms with Crippen LogP contribution < -0.4 is 10.1 Å². The van der Waals surface area contributed by atoms with Gasteiger partial charge in [-0.2, -0.15) is 4.98 Å². The molecule has 0 spiro atoms. The minimum Gasteiger partial charge on any atom is -0.478 e. The number of nitrogens with one attached hydrogen (secondary N) is 1. The summed E-state index contributed by atoms with van der Waals surface area (Å²) in [4.78, 5) is 8.52. The molecule has 0 aliphatic carbocycles. The van der Waals surface area contributed by atoms with Crippen LogP contribution in [0.5, 0.6) is 5.88 Å². The second kappa shape index (κ2) is 7.10. The molecule has 0 bridgehead atoms. The van der Waals surface area contributed by atoms with Crippen LogP contribution in [-0.4, -0.2) is 16.6 Å². The number of hydrogen-bond acceptors (Lipinski definition) is 4. The molecule has 1 aromatic heterocycles. The first-order valence-electron chi connectivity index (χ1n) is 6.67. The van der Waals surface area contributed by atoms with E-state index in [1.54, 1.807) is 12.3 Å². The van der Waals surface area contributed by atoms with E-state index >= 15 is 0 Å². The fourth-order valence-electron chi connectivity index (χ4n) is 1.75. The molecule has 0 amide bonds. The Labute approximate surface area is 124 Å². The van der Waals surface area contributed by atoms with E-state index in [-0.39, 0.29) is 6.04 Å². The Hall–Kier alpha value is -1.81. The lowest BCUT2D eigenvalue weighted by atomic mass is 10.1. The standard InChI is InChI=1S/C15H18ClN3O/c1-3-9-20-14-7-8-17-15(19-14)18-11(2)12-5-4-6-13(16)10-12/h4-8,10-11H,3,9H2,1-2H3,(H,17,18,19). The SMILES string of the molecule is CCCOc1ccnc(NC(C)c2cccc(Cl)c2)n1. The van der Waals surface area contributed by atoms with Gasteiger partial charge in [0.05, 0.1) is 12.6 Å². The summed E-state index contributed by atoms with van der Waals surface area (Å²) in [6, 6.07) is 9.54. The molecular formula is C15H18ClN3O. The van der Waals surface area contributed by atoms with Crippen LogP contribution in [0.4, 0.5) is 5.95 Å². The summed E-state index contributed by atoms with van der Waals surface area (Å²) in [6.07, 6.45) is 2.64. The van der Waals surface area contributed by atoms with Gasteiger partial charge in [0.25, 0.3) is 0 Å². The van der Waals surface area contributed by atoms with Crippen molar-refractivity contribution in [2.45, 2.75) is 26.3 Å². The lowest BCUT2D eigenvalue weighted by Crippen LogP contribution is -2.10. The van der Waals surface area contributed by atoms with Crippen LogP contribution in [0.15, 0.2) is 36.5 Å². The first kappa shape index (κ1) is 14.6. The van der Waals surface area contributed by atoms with Crippen molar-refractivity contribution in [3.8, 4) is 5.88 Å². The predicted octanol–water partition coefficient (Wildman–Crippen LogP) is 4.09. The molecule has 4 nitrogen and oxygen atoms in total. The third-order valence-corrected chi connectivity index (χ3v) is 3.01. The summed E-state index contributed by atoms with van der Waals surface area (Å²) in [5, 5.41) is 3.96. The van der Waals surface area contributed by atoms with Gasteiger partial charge >= 0.3 is 0 Å². The smallest absolute Gasteiger partial charge is 0.226 e. The fraction of sp³-hybridized carbons (Fsp3) is 0.333. The van der Waals surface area contributed by atoms with E-state index in [1.165, 1.54) is 0 Å². The summed E-state index contributed by atoms with van der Waals surface area (Å²) in [7, 11) is 0. The van der Waals surface area contributed by atoms with Gasteiger partial charge in [-0.15, -0.1) is 0 Å². The van der Waals surface area contributed by atoms with Gasteiger partial charge in [-0.25, -0.2) is 4.98 Å². The van der Waals surface area contributed by atoms with Crippen LogP contribution in [0.1, 0.15) is 31.9 Å². The van der Waals surface area contributed by atoms with Crippen LogP contribution in [0.3, 0.4) is 0 Å². The second-order valence-electron chi connectivity index (χ2n) is 4.49. The molecule has 0 aliphatic rings.